The molecule has 1 aromatic heterocycles. The molecule has 1 amide bonds. The van der Waals surface area contributed by atoms with Crippen molar-refractivity contribution in [1.29, 1.82) is 0 Å². The van der Waals surface area contributed by atoms with Gasteiger partial charge >= 0.3 is 6.18 Å². The third-order valence-corrected chi connectivity index (χ3v) is 6.93. The standard InChI is InChI=1S/C29H23Cl2F3N4O/c30-23-6-4-18(5-7-23)15-37-28(39)20-3-1-2-19(12-20)21-14-26-27(36-16-21)35-10-11-38(26)17-22-13-24(31)8-9-25(22)29(32,33)34/h1-9,12-14,16H,10-11,15,17H2,(H,35,36)(H,37,39). The van der Waals surface area contributed by atoms with E-state index in [2.05, 4.69) is 15.6 Å². The maximum Gasteiger partial charge on any atom is 0.416 e. The third kappa shape index (κ3) is 6.29. The lowest BCUT2D eigenvalue weighted by Crippen LogP contribution is -2.34. The van der Waals surface area contributed by atoms with Crippen LogP contribution >= 0.6 is 23.2 Å². The van der Waals surface area contributed by atoms with Crippen molar-refractivity contribution in [3.63, 3.8) is 0 Å². The molecule has 0 unspecified atom stereocenters. The number of benzene rings is 3. The predicted octanol–water partition coefficient (Wildman–Crippen LogP) is 7.44. The van der Waals surface area contributed by atoms with Crippen molar-refractivity contribution < 1.29 is 18.0 Å². The molecule has 1 aliphatic rings. The number of anilines is 2. The molecule has 0 aliphatic carbocycles. The molecule has 2 heterocycles. The van der Waals surface area contributed by atoms with Gasteiger partial charge < -0.3 is 15.5 Å². The van der Waals surface area contributed by atoms with Gasteiger partial charge in [0.25, 0.3) is 5.91 Å². The summed E-state index contributed by atoms with van der Waals surface area (Å²) in [5.41, 5.74) is 2.93. The minimum absolute atomic E-state index is 0.0162. The molecule has 2 N–H and O–H groups in total. The zero-order chi connectivity index (χ0) is 27.6. The van der Waals surface area contributed by atoms with E-state index in [1.165, 1.54) is 12.1 Å². The van der Waals surface area contributed by atoms with E-state index in [0.29, 0.717) is 41.7 Å². The second-order valence-corrected chi connectivity index (χ2v) is 10.0. The van der Waals surface area contributed by atoms with Gasteiger partial charge in [0, 0.05) is 53.5 Å². The van der Waals surface area contributed by atoms with Crippen molar-refractivity contribution in [2.75, 3.05) is 23.3 Å². The summed E-state index contributed by atoms with van der Waals surface area (Å²) < 4.78 is 41.0. The van der Waals surface area contributed by atoms with Gasteiger partial charge in [0.1, 0.15) is 5.82 Å². The molecule has 0 atom stereocenters. The first-order valence-corrected chi connectivity index (χ1v) is 12.9. The van der Waals surface area contributed by atoms with E-state index in [0.717, 1.165) is 22.8 Å². The predicted molar refractivity (Wildman–Crippen MR) is 148 cm³/mol. The van der Waals surface area contributed by atoms with Crippen molar-refractivity contribution in [2.45, 2.75) is 19.3 Å². The molecule has 0 saturated carbocycles. The fourth-order valence-electron chi connectivity index (χ4n) is 4.48. The number of hydrogen-bond acceptors (Lipinski definition) is 4. The Balaban J connectivity index is 1.39. The van der Waals surface area contributed by atoms with Crippen LogP contribution in [0.4, 0.5) is 24.7 Å². The highest BCUT2D eigenvalue weighted by atomic mass is 35.5. The molecule has 5 nitrogen and oxygen atoms in total. The van der Waals surface area contributed by atoms with E-state index >= 15 is 0 Å². The number of nitrogens with zero attached hydrogens (tertiary/aromatic N) is 2. The molecule has 0 radical (unpaired) electrons. The van der Waals surface area contributed by atoms with Gasteiger partial charge in [0.15, 0.2) is 0 Å². The fourth-order valence-corrected chi connectivity index (χ4v) is 4.80. The Morgan fingerprint density at radius 2 is 1.74 bits per heavy atom. The zero-order valence-corrected chi connectivity index (χ0v) is 22.0. The quantitative estimate of drug-likeness (QED) is 0.253. The molecule has 39 heavy (non-hydrogen) atoms. The Bertz CT molecular complexity index is 1510. The number of nitrogens with one attached hydrogen (secondary N) is 2. The van der Waals surface area contributed by atoms with Gasteiger partial charge in [-0.3, -0.25) is 4.79 Å². The maximum atomic E-state index is 13.7. The Labute approximate surface area is 233 Å². The Kier molecular flexibility index (Phi) is 7.68. The van der Waals surface area contributed by atoms with Crippen molar-refractivity contribution >= 4 is 40.6 Å². The number of fused-ring (bicyclic) bond motifs is 1. The van der Waals surface area contributed by atoms with Gasteiger partial charge in [-0.05, 0) is 65.2 Å². The summed E-state index contributed by atoms with van der Waals surface area (Å²) in [4.78, 5) is 19.2. The summed E-state index contributed by atoms with van der Waals surface area (Å²) in [5.74, 6) is 0.346. The Morgan fingerprint density at radius 1 is 0.974 bits per heavy atom. The van der Waals surface area contributed by atoms with Crippen LogP contribution in [-0.4, -0.2) is 24.0 Å². The number of rotatable bonds is 6. The summed E-state index contributed by atoms with van der Waals surface area (Å²) in [5, 5.41) is 6.97. The highest BCUT2D eigenvalue weighted by molar-refractivity contribution is 6.30. The number of pyridine rings is 1. The molecule has 4 aromatic rings. The average Bonchev–Trinajstić information content (AvgIpc) is 2.92. The van der Waals surface area contributed by atoms with Crippen LogP contribution in [0, 0.1) is 0 Å². The van der Waals surface area contributed by atoms with Crippen LogP contribution in [0.25, 0.3) is 11.1 Å². The molecular formula is C29H23Cl2F3N4O. The lowest BCUT2D eigenvalue weighted by Gasteiger charge is -2.32. The highest BCUT2D eigenvalue weighted by Crippen LogP contribution is 2.37. The van der Waals surface area contributed by atoms with E-state index < -0.39 is 11.7 Å². The Hall–Kier alpha value is -3.75. The van der Waals surface area contributed by atoms with Crippen LogP contribution < -0.4 is 15.5 Å². The van der Waals surface area contributed by atoms with Gasteiger partial charge in [-0.15, -0.1) is 0 Å². The topological polar surface area (TPSA) is 57.3 Å². The number of carbonyl (C=O) groups is 1. The van der Waals surface area contributed by atoms with Crippen LogP contribution in [0.1, 0.15) is 27.0 Å². The number of aromatic nitrogens is 1. The minimum atomic E-state index is -4.49. The summed E-state index contributed by atoms with van der Waals surface area (Å²) in [7, 11) is 0. The van der Waals surface area contributed by atoms with E-state index in [-0.39, 0.29) is 23.0 Å². The Morgan fingerprint density at radius 3 is 2.51 bits per heavy atom. The first-order valence-electron chi connectivity index (χ1n) is 12.1. The number of alkyl halides is 3. The van der Waals surface area contributed by atoms with E-state index in [1.807, 2.05) is 29.2 Å². The SMILES string of the molecule is O=C(NCc1ccc(Cl)cc1)c1cccc(-c2cnc3c(c2)N(Cc2cc(Cl)ccc2C(F)(F)F)CCN3)c1. The first-order chi connectivity index (χ1) is 18.7. The first kappa shape index (κ1) is 26.8. The average molecular weight is 571 g/mol. The molecule has 1 aliphatic heterocycles. The molecule has 3 aromatic carbocycles. The van der Waals surface area contributed by atoms with Crippen molar-refractivity contribution in [3.05, 3.63) is 111 Å². The lowest BCUT2D eigenvalue weighted by atomic mass is 10.0. The van der Waals surface area contributed by atoms with E-state index in [1.54, 1.807) is 36.5 Å². The van der Waals surface area contributed by atoms with Gasteiger partial charge in [0.2, 0.25) is 0 Å². The van der Waals surface area contributed by atoms with Crippen molar-refractivity contribution in [1.82, 2.24) is 10.3 Å². The second kappa shape index (κ2) is 11.2. The summed E-state index contributed by atoms with van der Waals surface area (Å²) in [6.45, 7) is 1.38. The number of hydrogen-bond donors (Lipinski definition) is 2. The number of carbonyl (C=O) groups excluding carboxylic acids is 1. The van der Waals surface area contributed by atoms with Gasteiger partial charge in [-0.1, -0.05) is 47.5 Å². The number of halogens is 5. The molecule has 0 saturated heterocycles. The molecule has 200 valence electrons. The van der Waals surface area contributed by atoms with Crippen LogP contribution in [0.15, 0.2) is 79.0 Å². The maximum absolute atomic E-state index is 13.7. The molecular weight excluding hydrogens is 548 g/mol. The molecule has 5 rings (SSSR count). The fraction of sp³-hybridized carbons (Fsp3) is 0.172. The minimum Gasteiger partial charge on any atom is -0.367 e. The second-order valence-electron chi connectivity index (χ2n) is 9.13. The molecule has 10 heteroatoms. The van der Waals surface area contributed by atoms with Crippen LogP contribution in [0.2, 0.25) is 10.0 Å². The lowest BCUT2D eigenvalue weighted by molar-refractivity contribution is -0.138. The smallest absolute Gasteiger partial charge is 0.367 e. The van der Waals surface area contributed by atoms with Gasteiger partial charge in [0.05, 0.1) is 11.3 Å². The third-order valence-electron chi connectivity index (χ3n) is 6.44. The largest absolute Gasteiger partial charge is 0.416 e. The summed E-state index contributed by atoms with van der Waals surface area (Å²) in [6.07, 6.45) is -2.81. The molecule has 0 fully saturated rings. The van der Waals surface area contributed by atoms with Crippen LogP contribution in [0.3, 0.4) is 0 Å². The normalized spacial score (nSPS) is 13.0. The summed E-state index contributed by atoms with van der Waals surface area (Å²) in [6, 6.07) is 19.8. The van der Waals surface area contributed by atoms with E-state index in [9.17, 15) is 18.0 Å². The molecule has 0 bridgehead atoms. The summed E-state index contributed by atoms with van der Waals surface area (Å²) >= 11 is 12.0. The zero-order valence-electron chi connectivity index (χ0n) is 20.5. The van der Waals surface area contributed by atoms with E-state index in [4.69, 9.17) is 23.2 Å². The van der Waals surface area contributed by atoms with Crippen molar-refractivity contribution in [3.8, 4) is 11.1 Å². The van der Waals surface area contributed by atoms with Crippen LogP contribution in [-0.2, 0) is 19.3 Å². The van der Waals surface area contributed by atoms with Crippen molar-refractivity contribution in [2.24, 2.45) is 0 Å². The van der Waals surface area contributed by atoms with Gasteiger partial charge in [-0.2, -0.15) is 13.2 Å². The van der Waals surface area contributed by atoms with Gasteiger partial charge in [-0.25, -0.2) is 4.98 Å². The monoisotopic (exact) mass is 570 g/mol. The highest BCUT2D eigenvalue weighted by Gasteiger charge is 2.34. The number of amides is 1. The van der Waals surface area contributed by atoms with Crippen LogP contribution in [0.5, 0.6) is 0 Å². The molecule has 0 spiro atoms.